The fourth-order valence-electron chi connectivity index (χ4n) is 7.30. The van der Waals surface area contributed by atoms with Gasteiger partial charge < -0.3 is 25.3 Å². The van der Waals surface area contributed by atoms with Crippen molar-refractivity contribution in [1.82, 2.24) is 9.88 Å². The minimum atomic E-state index is -1.03. The molecule has 0 spiro atoms. The summed E-state index contributed by atoms with van der Waals surface area (Å²) in [6.07, 6.45) is 16.4. The second kappa shape index (κ2) is 16.0. The summed E-state index contributed by atoms with van der Waals surface area (Å²) in [5, 5.41) is 16.1. The van der Waals surface area contributed by atoms with Gasteiger partial charge in [-0.3, -0.25) is 14.6 Å². The maximum Gasteiger partial charge on any atom is 0.330 e. The molecule has 9 nitrogen and oxygen atoms in total. The maximum absolute atomic E-state index is 14.0. The number of carbonyl (C=O) groups is 3. The minimum absolute atomic E-state index is 0.204. The van der Waals surface area contributed by atoms with Crippen molar-refractivity contribution < 1.29 is 19.1 Å². The number of fused-ring (bicyclic) bond motifs is 3. The van der Waals surface area contributed by atoms with Crippen LogP contribution in [0.2, 0.25) is 0 Å². The van der Waals surface area contributed by atoms with Crippen LogP contribution in [0.25, 0.3) is 17.0 Å². The van der Waals surface area contributed by atoms with Crippen LogP contribution in [0, 0.1) is 17.8 Å². The van der Waals surface area contributed by atoms with E-state index in [1.807, 2.05) is 25.1 Å². The number of carbonyl (C=O) groups excluding carboxylic acids is 3. The van der Waals surface area contributed by atoms with Crippen molar-refractivity contribution in [3.63, 3.8) is 0 Å². The van der Waals surface area contributed by atoms with E-state index in [9.17, 15) is 14.4 Å². The Morgan fingerprint density at radius 3 is 2.53 bits per heavy atom. The van der Waals surface area contributed by atoms with Gasteiger partial charge in [-0.05, 0) is 92.8 Å². The average Bonchev–Trinajstić information content (AvgIpc) is 3.67. The molecule has 2 heterocycles. The minimum Gasteiger partial charge on any atom is -0.466 e. The van der Waals surface area contributed by atoms with Gasteiger partial charge in [0.2, 0.25) is 5.91 Å². The summed E-state index contributed by atoms with van der Waals surface area (Å²) in [5.74, 6) is 2.04. The number of terminal acetylenes is 1. The van der Waals surface area contributed by atoms with E-state index in [1.165, 1.54) is 18.7 Å². The highest BCUT2D eigenvalue weighted by molar-refractivity contribution is 6.48. The number of aliphatic imine (C=N–C) groups is 1. The van der Waals surface area contributed by atoms with Crippen molar-refractivity contribution >= 4 is 51.9 Å². The van der Waals surface area contributed by atoms with Gasteiger partial charge in [-0.1, -0.05) is 44.4 Å². The number of amides is 2. The zero-order valence-corrected chi connectivity index (χ0v) is 28.9. The lowest BCUT2D eigenvalue weighted by Gasteiger charge is -2.29. The summed E-state index contributed by atoms with van der Waals surface area (Å²) >= 11 is 0. The largest absolute Gasteiger partial charge is 0.466 e. The van der Waals surface area contributed by atoms with Crippen LogP contribution in [0.3, 0.4) is 0 Å². The Balaban J connectivity index is 1.47. The molecule has 49 heavy (non-hydrogen) atoms. The van der Waals surface area contributed by atoms with Gasteiger partial charge in [0.15, 0.2) is 0 Å². The lowest BCUT2D eigenvalue weighted by Crippen LogP contribution is -2.55. The van der Waals surface area contributed by atoms with Crippen LogP contribution >= 0.6 is 0 Å². The quantitative estimate of drug-likeness (QED) is 0.106. The molecule has 2 aliphatic rings. The topological polar surface area (TPSA) is 126 Å². The third-order valence-electron chi connectivity index (χ3n) is 9.71. The summed E-state index contributed by atoms with van der Waals surface area (Å²) in [4.78, 5) is 44.1. The Morgan fingerprint density at radius 2 is 1.86 bits per heavy atom. The SMILES string of the molecule is C#CCCC(CCC)c1c2n(c3cc(C(=O)NC4(C(=O)Nc5ccc(/C=C/C(=O)OC)cc5)CCCC4)ccc13)CCCC(=N)C2=NCC. The van der Waals surface area contributed by atoms with E-state index in [0.717, 1.165) is 72.9 Å². The summed E-state index contributed by atoms with van der Waals surface area (Å²) in [6, 6.07) is 13.0. The predicted octanol–water partition coefficient (Wildman–Crippen LogP) is 7.43. The molecule has 1 atom stereocenters. The van der Waals surface area contributed by atoms with Crippen molar-refractivity contribution in [2.75, 3.05) is 19.0 Å². The van der Waals surface area contributed by atoms with Gasteiger partial charge >= 0.3 is 5.97 Å². The molecule has 1 aliphatic carbocycles. The van der Waals surface area contributed by atoms with Gasteiger partial charge in [0.1, 0.15) is 11.3 Å². The number of hydrogen-bond acceptors (Lipinski definition) is 6. The fourth-order valence-corrected chi connectivity index (χ4v) is 7.30. The molecule has 9 heteroatoms. The number of nitrogens with one attached hydrogen (secondary N) is 3. The van der Waals surface area contributed by atoms with Crippen LogP contribution < -0.4 is 10.6 Å². The molecule has 3 N–H and O–H groups in total. The van der Waals surface area contributed by atoms with Crippen molar-refractivity contribution in [3.05, 3.63) is 70.9 Å². The summed E-state index contributed by atoms with van der Waals surface area (Å²) in [6.45, 7) is 5.48. The lowest BCUT2D eigenvalue weighted by molar-refractivity contribution is -0.134. The number of nitrogens with zero attached hydrogens (tertiary/aromatic N) is 2. The van der Waals surface area contributed by atoms with Crippen LogP contribution in [-0.4, -0.2) is 53.0 Å². The molecule has 256 valence electrons. The van der Waals surface area contributed by atoms with E-state index in [-0.39, 0.29) is 17.7 Å². The Labute approximate surface area is 289 Å². The normalized spacial score (nSPS) is 17.0. The standard InChI is InChI=1S/C40H47N5O4/c1-5-8-13-28(12-6-2)35-31-21-18-29(26-33(31)45-25-11-14-32(41)36(37(35)45)42-7-3)38(47)44-40(23-9-10-24-40)39(48)43-30-19-15-27(16-20-30)17-22-34(46)49-4/h1,15-22,26,28,41H,6-14,23-25H2,2-4H3,(H,43,48)(H,44,47)/b22-17+,41-32?,42-36?. The van der Waals surface area contributed by atoms with Gasteiger partial charge in [0, 0.05) is 47.7 Å². The Bertz CT molecular complexity index is 1820. The highest BCUT2D eigenvalue weighted by Gasteiger charge is 2.43. The van der Waals surface area contributed by atoms with Crippen LogP contribution in [-0.2, 0) is 20.9 Å². The summed E-state index contributed by atoms with van der Waals surface area (Å²) in [5.41, 5.74) is 5.26. The Kier molecular flexibility index (Phi) is 11.5. The number of aryl methyl sites for hydroxylation is 1. The first-order valence-corrected chi connectivity index (χ1v) is 17.5. The zero-order chi connectivity index (χ0) is 35.0. The molecule has 1 saturated carbocycles. The molecule has 0 bridgehead atoms. The molecule has 1 unspecified atom stereocenters. The van der Waals surface area contributed by atoms with E-state index in [2.05, 4.69) is 32.8 Å². The summed E-state index contributed by atoms with van der Waals surface area (Å²) < 4.78 is 6.90. The first-order chi connectivity index (χ1) is 23.7. The summed E-state index contributed by atoms with van der Waals surface area (Å²) in [7, 11) is 1.32. The van der Waals surface area contributed by atoms with Crippen LogP contribution in [0.4, 0.5) is 5.69 Å². The zero-order valence-electron chi connectivity index (χ0n) is 28.9. The number of aromatic nitrogens is 1. The monoisotopic (exact) mass is 661 g/mol. The third kappa shape index (κ3) is 7.69. The molecule has 1 aliphatic heterocycles. The predicted molar refractivity (Wildman–Crippen MR) is 196 cm³/mol. The average molecular weight is 662 g/mol. The Hall–Kier alpha value is -4.97. The molecule has 3 aromatic rings. The fraction of sp³-hybridized carbons (Fsp3) is 0.425. The van der Waals surface area contributed by atoms with Crippen molar-refractivity contribution in [3.8, 4) is 12.3 Å². The molecule has 2 aromatic carbocycles. The van der Waals surface area contributed by atoms with Gasteiger partial charge in [-0.15, -0.1) is 12.3 Å². The molecule has 2 amide bonds. The third-order valence-corrected chi connectivity index (χ3v) is 9.71. The van der Waals surface area contributed by atoms with E-state index < -0.39 is 11.5 Å². The van der Waals surface area contributed by atoms with E-state index in [4.69, 9.17) is 16.8 Å². The van der Waals surface area contributed by atoms with E-state index >= 15 is 0 Å². The first kappa shape index (κ1) is 35.3. The number of rotatable bonds is 12. The molecular weight excluding hydrogens is 614 g/mol. The number of esters is 1. The number of methoxy groups -OCH3 is 1. The van der Waals surface area contributed by atoms with Gasteiger partial charge in [-0.25, -0.2) is 4.79 Å². The molecule has 1 aromatic heterocycles. The number of anilines is 1. The molecule has 0 saturated heterocycles. The second-order valence-corrected chi connectivity index (χ2v) is 13.0. The highest BCUT2D eigenvalue weighted by Crippen LogP contribution is 2.40. The maximum atomic E-state index is 14.0. The van der Waals surface area contributed by atoms with Crippen molar-refractivity contribution in [1.29, 1.82) is 5.41 Å². The Morgan fingerprint density at radius 1 is 1.10 bits per heavy atom. The van der Waals surface area contributed by atoms with Gasteiger partial charge in [-0.2, -0.15) is 0 Å². The molecular formula is C40H47N5O4. The number of ether oxygens (including phenoxy) is 1. The van der Waals surface area contributed by atoms with Gasteiger partial charge in [0.25, 0.3) is 5.91 Å². The number of benzene rings is 2. The first-order valence-electron chi connectivity index (χ1n) is 17.5. The van der Waals surface area contributed by atoms with Crippen molar-refractivity contribution in [2.24, 2.45) is 4.99 Å². The van der Waals surface area contributed by atoms with Crippen LogP contribution in [0.5, 0.6) is 0 Å². The second-order valence-electron chi connectivity index (χ2n) is 13.0. The van der Waals surface area contributed by atoms with Gasteiger partial charge in [0.05, 0.1) is 18.5 Å². The lowest BCUT2D eigenvalue weighted by atomic mass is 9.86. The van der Waals surface area contributed by atoms with Crippen LogP contribution in [0.1, 0.15) is 111 Å². The molecule has 1 fully saturated rings. The van der Waals surface area contributed by atoms with E-state index in [0.29, 0.717) is 49.2 Å². The number of hydrogen-bond donors (Lipinski definition) is 3. The van der Waals surface area contributed by atoms with E-state index in [1.54, 1.807) is 30.3 Å². The smallest absolute Gasteiger partial charge is 0.330 e. The van der Waals surface area contributed by atoms with Crippen molar-refractivity contribution in [2.45, 2.75) is 96.1 Å². The van der Waals surface area contributed by atoms with Crippen LogP contribution in [0.15, 0.2) is 53.5 Å². The molecule has 5 rings (SSSR count). The molecule has 0 radical (unpaired) electrons. The highest BCUT2D eigenvalue weighted by atomic mass is 16.5.